The molecule has 0 aromatic carbocycles. The van der Waals surface area contributed by atoms with E-state index in [1.54, 1.807) is 29.3 Å². The largest absolute Gasteiger partial charge is 0.369 e. The molecule has 0 bridgehead atoms. The van der Waals surface area contributed by atoms with Gasteiger partial charge in [-0.3, -0.25) is 23.8 Å². The van der Waals surface area contributed by atoms with E-state index in [4.69, 9.17) is 5.73 Å². The van der Waals surface area contributed by atoms with Crippen molar-refractivity contribution in [1.29, 1.82) is 0 Å². The number of anilines is 1. The van der Waals surface area contributed by atoms with Crippen LogP contribution in [0.15, 0.2) is 40.2 Å². The summed E-state index contributed by atoms with van der Waals surface area (Å²) in [6.45, 7) is 0.979. The summed E-state index contributed by atoms with van der Waals surface area (Å²) < 4.78 is 1.38. The summed E-state index contributed by atoms with van der Waals surface area (Å²) in [6, 6.07) is 5.24. The highest BCUT2D eigenvalue weighted by Gasteiger charge is 2.44. The monoisotopic (exact) mass is 392 g/mol. The van der Waals surface area contributed by atoms with Gasteiger partial charge < -0.3 is 10.6 Å². The minimum atomic E-state index is -0.368. The molecule has 2 aliphatic rings. The highest BCUT2D eigenvalue weighted by atomic mass is 16.2. The summed E-state index contributed by atoms with van der Waals surface area (Å²) in [6.07, 6.45) is 5.83. The van der Waals surface area contributed by atoms with E-state index in [2.05, 4.69) is 15.0 Å². The number of aromatic amines is 1. The Labute approximate surface area is 165 Å². The zero-order valence-corrected chi connectivity index (χ0v) is 15.7. The predicted octanol–water partition coefficient (Wildman–Crippen LogP) is 0.480. The number of aromatic nitrogens is 4. The van der Waals surface area contributed by atoms with Crippen LogP contribution in [0.25, 0.3) is 5.65 Å². The number of nitrogen functional groups attached to an aromatic ring is 1. The van der Waals surface area contributed by atoms with Crippen LogP contribution in [0.3, 0.4) is 0 Å². The highest BCUT2D eigenvalue weighted by molar-refractivity contribution is 5.93. The predicted molar refractivity (Wildman–Crippen MR) is 106 cm³/mol. The lowest BCUT2D eigenvalue weighted by molar-refractivity contribution is 0.0661. The van der Waals surface area contributed by atoms with Gasteiger partial charge in [0.05, 0.1) is 5.69 Å². The van der Waals surface area contributed by atoms with E-state index in [1.165, 1.54) is 10.6 Å². The van der Waals surface area contributed by atoms with Crippen molar-refractivity contribution in [3.8, 4) is 0 Å². The van der Waals surface area contributed by atoms with Crippen molar-refractivity contribution < 1.29 is 4.79 Å². The van der Waals surface area contributed by atoms with Crippen LogP contribution < -0.4 is 16.9 Å². The van der Waals surface area contributed by atoms with E-state index >= 15 is 0 Å². The molecule has 29 heavy (non-hydrogen) atoms. The van der Waals surface area contributed by atoms with Gasteiger partial charge in [-0.25, -0.2) is 9.97 Å². The quantitative estimate of drug-likeness (QED) is 0.620. The average molecular weight is 392 g/mol. The summed E-state index contributed by atoms with van der Waals surface area (Å²) in [4.78, 5) is 50.8. The smallest absolute Gasteiger partial charge is 0.270 e. The zero-order valence-electron chi connectivity index (χ0n) is 15.7. The molecule has 1 spiro atoms. The Morgan fingerprint density at radius 3 is 2.76 bits per heavy atom. The van der Waals surface area contributed by atoms with Crippen LogP contribution >= 0.6 is 0 Å². The van der Waals surface area contributed by atoms with Gasteiger partial charge in [-0.15, -0.1) is 0 Å². The van der Waals surface area contributed by atoms with Crippen LogP contribution in [-0.4, -0.2) is 43.2 Å². The van der Waals surface area contributed by atoms with Gasteiger partial charge in [0.1, 0.15) is 11.2 Å². The molecule has 3 aromatic rings. The van der Waals surface area contributed by atoms with Crippen molar-refractivity contribution in [3.63, 3.8) is 0 Å². The third-order valence-electron chi connectivity index (χ3n) is 6.24. The van der Waals surface area contributed by atoms with E-state index in [1.807, 2.05) is 0 Å². The topological polar surface area (TPSA) is 126 Å². The molecule has 1 fully saturated rings. The summed E-state index contributed by atoms with van der Waals surface area (Å²) in [5, 5.41) is 0. The van der Waals surface area contributed by atoms with Crippen molar-refractivity contribution in [2.24, 2.45) is 0 Å². The first-order valence-corrected chi connectivity index (χ1v) is 9.63. The van der Waals surface area contributed by atoms with E-state index in [0.717, 1.165) is 12.1 Å². The minimum Gasteiger partial charge on any atom is -0.369 e. The molecule has 1 aliphatic carbocycles. The number of hydrogen-bond acceptors (Lipinski definition) is 6. The van der Waals surface area contributed by atoms with Crippen LogP contribution in [0.5, 0.6) is 0 Å². The molecule has 1 saturated heterocycles. The Hall–Kier alpha value is -3.49. The number of likely N-dealkylation sites (tertiary alicyclic amines) is 1. The molecule has 0 saturated carbocycles. The van der Waals surface area contributed by atoms with Gasteiger partial charge in [-0.2, -0.15) is 0 Å². The normalized spacial score (nSPS) is 17.6. The molecule has 148 valence electrons. The number of hydrogen-bond donors (Lipinski definition) is 2. The Bertz CT molecular complexity index is 1250. The molecule has 3 N–H and O–H groups in total. The molecule has 0 atom stereocenters. The molecule has 0 radical (unpaired) electrons. The standard InChI is InChI=1S/C20H20N6O3/c21-19-23-15-12(16(27)24-19)4-5-20(15)6-9-25(10-7-20)17(28)13-11-22-14-3-1-2-8-26(14)18(13)29/h1-3,8,11H,4-7,9-10H2,(H3,21,23,24,27). The van der Waals surface area contributed by atoms with Crippen molar-refractivity contribution >= 4 is 17.5 Å². The fraction of sp³-hybridized carbons (Fsp3) is 0.350. The first-order chi connectivity index (χ1) is 14.0. The highest BCUT2D eigenvalue weighted by Crippen LogP contribution is 2.44. The molecular weight excluding hydrogens is 372 g/mol. The lowest BCUT2D eigenvalue weighted by Gasteiger charge is -2.39. The molecule has 4 heterocycles. The average Bonchev–Trinajstić information content (AvgIpc) is 3.07. The number of amides is 1. The van der Waals surface area contributed by atoms with Crippen molar-refractivity contribution in [1.82, 2.24) is 24.3 Å². The van der Waals surface area contributed by atoms with Gasteiger partial charge in [0.15, 0.2) is 0 Å². The van der Waals surface area contributed by atoms with Crippen LogP contribution in [0, 0.1) is 0 Å². The van der Waals surface area contributed by atoms with Crippen LogP contribution in [0.1, 0.15) is 40.9 Å². The van der Waals surface area contributed by atoms with Crippen LogP contribution in [-0.2, 0) is 11.8 Å². The van der Waals surface area contributed by atoms with Crippen molar-refractivity contribution in [3.05, 3.63) is 68.1 Å². The number of carbonyl (C=O) groups excluding carboxylic acids is 1. The second kappa shape index (κ2) is 6.26. The zero-order chi connectivity index (χ0) is 20.2. The van der Waals surface area contributed by atoms with Gasteiger partial charge in [0.25, 0.3) is 17.0 Å². The number of nitrogens with one attached hydrogen (secondary N) is 1. The second-order valence-electron chi connectivity index (χ2n) is 7.76. The third-order valence-corrected chi connectivity index (χ3v) is 6.24. The fourth-order valence-corrected chi connectivity index (χ4v) is 4.64. The number of pyridine rings is 1. The maximum Gasteiger partial charge on any atom is 0.270 e. The Morgan fingerprint density at radius 1 is 1.17 bits per heavy atom. The van der Waals surface area contributed by atoms with Gasteiger partial charge >= 0.3 is 0 Å². The molecular formula is C20H20N6O3. The molecule has 9 nitrogen and oxygen atoms in total. The lowest BCUT2D eigenvalue weighted by Crippen LogP contribution is -2.46. The number of rotatable bonds is 1. The maximum absolute atomic E-state index is 13.0. The number of fused-ring (bicyclic) bond motifs is 3. The maximum atomic E-state index is 13.0. The Morgan fingerprint density at radius 2 is 1.97 bits per heavy atom. The van der Waals surface area contributed by atoms with Gasteiger partial charge in [0, 0.05) is 36.5 Å². The number of carbonyl (C=O) groups is 1. The first kappa shape index (κ1) is 17.6. The molecule has 1 aliphatic heterocycles. The Kier molecular flexibility index (Phi) is 3.80. The second-order valence-corrected chi connectivity index (χ2v) is 7.76. The van der Waals surface area contributed by atoms with Crippen molar-refractivity contribution in [2.75, 3.05) is 18.8 Å². The minimum absolute atomic E-state index is 0.0651. The SMILES string of the molecule is Nc1nc2c(c(=O)[nH]1)CCC21CCN(C(=O)c2cnc3ccccn3c2=O)CC1. The molecule has 0 unspecified atom stereocenters. The van der Waals surface area contributed by atoms with Crippen molar-refractivity contribution in [2.45, 2.75) is 31.1 Å². The fourth-order valence-electron chi connectivity index (χ4n) is 4.64. The van der Waals surface area contributed by atoms with Crippen LogP contribution in [0.4, 0.5) is 5.95 Å². The van der Waals surface area contributed by atoms with E-state index in [0.29, 0.717) is 43.6 Å². The van der Waals surface area contributed by atoms with E-state index in [9.17, 15) is 14.4 Å². The van der Waals surface area contributed by atoms with E-state index in [-0.39, 0.29) is 34.0 Å². The third kappa shape index (κ3) is 2.65. The van der Waals surface area contributed by atoms with Gasteiger partial charge in [-0.1, -0.05) is 6.07 Å². The lowest BCUT2D eigenvalue weighted by atomic mass is 9.76. The number of nitrogens with two attached hydrogens (primary N) is 1. The molecule has 5 rings (SSSR count). The number of nitrogens with zero attached hydrogens (tertiary/aromatic N) is 4. The van der Waals surface area contributed by atoms with Gasteiger partial charge in [0.2, 0.25) is 5.95 Å². The number of piperidine rings is 1. The number of H-pyrrole nitrogens is 1. The summed E-state index contributed by atoms with van der Waals surface area (Å²) in [5.41, 5.74) is 7.04. The van der Waals surface area contributed by atoms with Gasteiger partial charge in [-0.05, 0) is 37.8 Å². The van der Waals surface area contributed by atoms with E-state index < -0.39 is 0 Å². The summed E-state index contributed by atoms with van der Waals surface area (Å²) in [7, 11) is 0. The first-order valence-electron chi connectivity index (χ1n) is 9.63. The summed E-state index contributed by atoms with van der Waals surface area (Å²) >= 11 is 0. The van der Waals surface area contributed by atoms with Crippen LogP contribution in [0.2, 0.25) is 0 Å². The molecule has 9 heteroatoms. The summed E-state index contributed by atoms with van der Waals surface area (Å²) in [5.74, 6) is -0.184. The molecule has 1 amide bonds. The Balaban J connectivity index is 1.41. The molecule has 3 aromatic heterocycles.